The van der Waals surface area contributed by atoms with Crippen molar-refractivity contribution in [1.82, 2.24) is 9.88 Å². The Bertz CT molecular complexity index is 464. The molecular weight excluding hydrogens is 244 g/mol. The Balaban J connectivity index is 2.31. The van der Waals surface area contributed by atoms with E-state index in [1.54, 1.807) is 18.3 Å². The van der Waals surface area contributed by atoms with Gasteiger partial charge in [-0.2, -0.15) is 0 Å². The number of β-amino-alcohol motifs (C(OH)–C–C–N with tert-alkyl or cyclic N) is 1. The molecule has 1 aliphatic rings. The number of primary amides is 1. The molecule has 1 aliphatic heterocycles. The van der Waals surface area contributed by atoms with Gasteiger partial charge in [0.2, 0.25) is 0 Å². The molecule has 1 saturated heterocycles. The Hall–Kier alpha value is -1.66. The zero-order valence-corrected chi connectivity index (χ0v) is 11.3. The number of hydrogen-bond acceptors (Lipinski definition) is 5. The van der Waals surface area contributed by atoms with E-state index in [4.69, 9.17) is 5.73 Å². The van der Waals surface area contributed by atoms with Crippen LogP contribution in [0.3, 0.4) is 0 Å². The first kappa shape index (κ1) is 13.8. The minimum absolute atomic E-state index is 0.137. The summed E-state index contributed by atoms with van der Waals surface area (Å²) in [6.07, 6.45) is 1.92. The molecule has 19 heavy (non-hydrogen) atoms. The summed E-state index contributed by atoms with van der Waals surface area (Å²) in [7, 11) is 3.96. The van der Waals surface area contributed by atoms with E-state index in [1.165, 1.54) is 0 Å². The van der Waals surface area contributed by atoms with Gasteiger partial charge in [-0.1, -0.05) is 0 Å². The molecule has 0 spiro atoms. The number of rotatable bonds is 4. The first-order valence-corrected chi connectivity index (χ1v) is 6.33. The Labute approximate surface area is 112 Å². The summed E-state index contributed by atoms with van der Waals surface area (Å²) in [5.41, 5.74) is 5.79. The minimum atomic E-state index is -0.493. The molecule has 0 saturated carbocycles. The van der Waals surface area contributed by atoms with Crippen molar-refractivity contribution in [2.45, 2.75) is 18.6 Å². The molecule has 1 aromatic rings. The number of nitrogens with two attached hydrogens (primary N) is 1. The molecule has 0 aromatic carbocycles. The fourth-order valence-electron chi connectivity index (χ4n) is 2.56. The van der Waals surface area contributed by atoms with Gasteiger partial charge in [-0.05, 0) is 32.6 Å². The van der Waals surface area contributed by atoms with E-state index >= 15 is 0 Å². The Kier molecular flexibility index (Phi) is 4.01. The van der Waals surface area contributed by atoms with E-state index in [-0.39, 0.29) is 6.04 Å². The van der Waals surface area contributed by atoms with Crippen LogP contribution in [-0.4, -0.2) is 60.2 Å². The Morgan fingerprint density at radius 2 is 2.37 bits per heavy atom. The Morgan fingerprint density at radius 1 is 1.63 bits per heavy atom. The fourth-order valence-corrected chi connectivity index (χ4v) is 2.56. The van der Waals surface area contributed by atoms with Gasteiger partial charge in [0.25, 0.3) is 5.91 Å². The lowest BCUT2D eigenvalue weighted by atomic mass is 10.1. The number of aliphatic hydroxyl groups is 1. The Morgan fingerprint density at radius 3 is 3.00 bits per heavy atom. The highest BCUT2D eigenvalue weighted by Gasteiger charge is 2.33. The monoisotopic (exact) mass is 264 g/mol. The third-order valence-electron chi connectivity index (χ3n) is 3.29. The zero-order chi connectivity index (χ0) is 14.0. The molecule has 2 atom stereocenters. The normalized spacial score (nSPS) is 23.1. The van der Waals surface area contributed by atoms with Crippen LogP contribution < -0.4 is 10.6 Å². The second kappa shape index (κ2) is 5.54. The molecule has 1 amide bonds. The van der Waals surface area contributed by atoms with Crippen LogP contribution in [0.15, 0.2) is 18.3 Å². The van der Waals surface area contributed by atoms with Crippen LogP contribution in [-0.2, 0) is 0 Å². The molecule has 2 unspecified atom stereocenters. The van der Waals surface area contributed by atoms with E-state index in [9.17, 15) is 9.90 Å². The molecule has 1 fully saturated rings. The SMILES string of the molecule is CN(C)CC1CC(O)CN1c1ncccc1C(N)=O. The van der Waals surface area contributed by atoms with Crippen LogP contribution >= 0.6 is 0 Å². The van der Waals surface area contributed by atoms with Gasteiger partial charge in [0.15, 0.2) is 0 Å². The number of likely N-dealkylation sites (N-methyl/N-ethyl adjacent to an activating group) is 1. The zero-order valence-electron chi connectivity index (χ0n) is 11.3. The predicted molar refractivity (Wildman–Crippen MR) is 73.1 cm³/mol. The van der Waals surface area contributed by atoms with Crippen molar-refractivity contribution in [2.75, 3.05) is 32.1 Å². The highest BCUT2D eigenvalue weighted by Crippen LogP contribution is 2.27. The standard InChI is InChI=1S/C13H20N4O2/c1-16(2)7-9-6-10(18)8-17(9)13-11(12(14)19)4-3-5-15-13/h3-5,9-10,18H,6-8H2,1-2H3,(H2,14,19). The molecule has 1 aromatic heterocycles. The van der Waals surface area contributed by atoms with Crippen molar-refractivity contribution >= 4 is 11.7 Å². The first-order chi connectivity index (χ1) is 8.99. The van der Waals surface area contributed by atoms with Gasteiger partial charge in [0, 0.05) is 25.3 Å². The molecule has 6 heteroatoms. The molecule has 0 bridgehead atoms. The molecule has 3 N–H and O–H groups in total. The van der Waals surface area contributed by atoms with Gasteiger partial charge in [0.1, 0.15) is 5.82 Å². The van der Waals surface area contributed by atoms with Gasteiger partial charge in [-0.25, -0.2) is 4.98 Å². The summed E-state index contributed by atoms with van der Waals surface area (Å²) in [4.78, 5) is 19.8. The van der Waals surface area contributed by atoms with Crippen LogP contribution in [0.4, 0.5) is 5.82 Å². The summed E-state index contributed by atoms with van der Waals surface area (Å²) >= 11 is 0. The third kappa shape index (κ3) is 3.02. The summed E-state index contributed by atoms with van der Waals surface area (Å²) < 4.78 is 0. The van der Waals surface area contributed by atoms with E-state index in [2.05, 4.69) is 9.88 Å². The quantitative estimate of drug-likeness (QED) is 0.779. The highest BCUT2D eigenvalue weighted by atomic mass is 16.3. The van der Waals surface area contributed by atoms with Gasteiger partial charge in [-0.3, -0.25) is 4.79 Å². The lowest BCUT2D eigenvalue weighted by Crippen LogP contribution is -2.39. The summed E-state index contributed by atoms with van der Waals surface area (Å²) in [6.45, 7) is 1.28. The van der Waals surface area contributed by atoms with E-state index in [1.807, 2.05) is 19.0 Å². The number of anilines is 1. The fraction of sp³-hybridized carbons (Fsp3) is 0.538. The number of carbonyl (C=O) groups excluding carboxylic acids is 1. The second-order valence-electron chi connectivity index (χ2n) is 5.20. The van der Waals surface area contributed by atoms with Crippen molar-refractivity contribution < 1.29 is 9.90 Å². The maximum absolute atomic E-state index is 11.5. The van der Waals surface area contributed by atoms with Crippen molar-refractivity contribution in [3.05, 3.63) is 23.9 Å². The summed E-state index contributed by atoms with van der Waals surface area (Å²) in [5, 5.41) is 9.87. The number of hydrogen-bond donors (Lipinski definition) is 2. The molecule has 2 rings (SSSR count). The van der Waals surface area contributed by atoms with Gasteiger partial charge >= 0.3 is 0 Å². The maximum atomic E-state index is 11.5. The van der Waals surface area contributed by atoms with Crippen LogP contribution in [0.2, 0.25) is 0 Å². The molecule has 6 nitrogen and oxygen atoms in total. The molecule has 104 valence electrons. The van der Waals surface area contributed by atoms with Crippen LogP contribution in [0.25, 0.3) is 0 Å². The molecule has 2 heterocycles. The minimum Gasteiger partial charge on any atom is -0.391 e. The maximum Gasteiger partial charge on any atom is 0.252 e. The largest absolute Gasteiger partial charge is 0.391 e. The average molecular weight is 264 g/mol. The van der Waals surface area contributed by atoms with E-state index in [0.29, 0.717) is 24.3 Å². The van der Waals surface area contributed by atoms with Crippen molar-refractivity contribution in [1.29, 1.82) is 0 Å². The van der Waals surface area contributed by atoms with E-state index < -0.39 is 12.0 Å². The number of aromatic nitrogens is 1. The van der Waals surface area contributed by atoms with E-state index in [0.717, 1.165) is 6.54 Å². The molecule has 0 radical (unpaired) electrons. The molecule has 0 aliphatic carbocycles. The third-order valence-corrected chi connectivity index (χ3v) is 3.29. The van der Waals surface area contributed by atoms with Crippen molar-refractivity contribution in [2.24, 2.45) is 5.73 Å². The first-order valence-electron chi connectivity index (χ1n) is 6.33. The number of carbonyl (C=O) groups is 1. The number of aliphatic hydroxyl groups excluding tert-OH is 1. The lowest BCUT2D eigenvalue weighted by Gasteiger charge is -2.28. The van der Waals surface area contributed by atoms with Crippen molar-refractivity contribution in [3.63, 3.8) is 0 Å². The average Bonchev–Trinajstić information content (AvgIpc) is 2.69. The summed E-state index contributed by atoms with van der Waals surface area (Å²) in [6, 6.07) is 3.50. The van der Waals surface area contributed by atoms with Gasteiger partial charge < -0.3 is 20.6 Å². The molecular formula is C13H20N4O2. The topological polar surface area (TPSA) is 82.7 Å². The number of pyridine rings is 1. The second-order valence-corrected chi connectivity index (χ2v) is 5.20. The lowest BCUT2D eigenvalue weighted by molar-refractivity contribution is 0.100. The number of amides is 1. The summed E-state index contributed by atoms with van der Waals surface area (Å²) in [5.74, 6) is 0.0755. The van der Waals surface area contributed by atoms with Crippen LogP contribution in [0.5, 0.6) is 0 Å². The van der Waals surface area contributed by atoms with Crippen molar-refractivity contribution in [3.8, 4) is 0 Å². The highest BCUT2D eigenvalue weighted by molar-refractivity contribution is 5.97. The van der Waals surface area contributed by atoms with Crippen LogP contribution in [0, 0.1) is 0 Å². The predicted octanol–water partition coefficient (Wildman–Crippen LogP) is -0.318. The van der Waals surface area contributed by atoms with Gasteiger partial charge in [-0.15, -0.1) is 0 Å². The van der Waals surface area contributed by atoms with Crippen LogP contribution in [0.1, 0.15) is 16.8 Å². The number of nitrogens with zero attached hydrogens (tertiary/aromatic N) is 3. The smallest absolute Gasteiger partial charge is 0.252 e. The van der Waals surface area contributed by atoms with Gasteiger partial charge in [0.05, 0.1) is 11.7 Å².